The minimum absolute atomic E-state index is 0.635. The number of carbonyl (C=O) groups is 1. The Kier molecular flexibility index (Phi) is 3.77. The maximum atomic E-state index is 13.4. The van der Waals surface area contributed by atoms with E-state index in [1.807, 2.05) is 0 Å². The van der Waals surface area contributed by atoms with Crippen LogP contribution in [0.1, 0.15) is 27.2 Å². The largest absolute Gasteiger partial charge is 0.478 e. The number of pyridine rings is 1. The molecule has 0 radical (unpaired) electrons. The Labute approximate surface area is 109 Å². The molecule has 9 heteroatoms. The molecule has 0 aliphatic carbocycles. The van der Waals surface area contributed by atoms with Gasteiger partial charge in [0.2, 0.25) is 0 Å². The first-order valence-electron chi connectivity index (χ1n) is 4.76. The summed E-state index contributed by atoms with van der Waals surface area (Å²) in [6, 6.07) is 0. The zero-order valence-corrected chi connectivity index (χ0v) is 10.3. The van der Waals surface area contributed by atoms with E-state index in [2.05, 4.69) is 4.98 Å². The average Bonchev–Trinajstić information content (AvgIpc) is 2.12. The van der Waals surface area contributed by atoms with Crippen molar-refractivity contribution in [2.45, 2.75) is 25.9 Å². The van der Waals surface area contributed by atoms with Crippen molar-refractivity contribution in [2.24, 2.45) is 0 Å². The normalized spacial score (nSPS) is 12.6. The zero-order valence-electron chi connectivity index (χ0n) is 9.57. The highest BCUT2D eigenvalue weighted by atomic mass is 35.5. The number of rotatable bonds is 2. The van der Waals surface area contributed by atoms with Gasteiger partial charge in [-0.1, -0.05) is 11.6 Å². The molecule has 0 bridgehead atoms. The summed E-state index contributed by atoms with van der Waals surface area (Å²) < 4.78 is 63.8. The summed E-state index contributed by atoms with van der Waals surface area (Å²) in [5.41, 5.74) is -3.78. The van der Waals surface area contributed by atoms with Gasteiger partial charge in [0.25, 0.3) is 0 Å². The molecule has 0 aromatic carbocycles. The number of carboxylic acids is 1. The minimum Gasteiger partial charge on any atom is -0.478 e. The Morgan fingerprint density at radius 2 is 1.68 bits per heavy atom. The van der Waals surface area contributed by atoms with Crippen molar-refractivity contribution < 1.29 is 31.9 Å². The quantitative estimate of drug-likeness (QED) is 0.669. The molecule has 1 rings (SSSR count). The molecule has 1 aromatic rings. The third kappa shape index (κ3) is 2.49. The summed E-state index contributed by atoms with van der Waals surface area (Å²) in [7, 11) is 0. The van der Waals surface area contributed by atoms with E-state index >= 15 is 0 Å². The zero-order chi connectivity index (χ0) is 15.2. The fraction of sp³-hybridized carbons (Fsp3) is 0.400. The molecule has 19 heavy (non-hydrogen) atoms. The van der Waals surface area contributed by atoms with Crippen LogP contribution in [0.4, 0.5) is 22.0 Å². The number of alkyl halides is 5. The molecule has 0 amide bonds. The van der Waals surface area contributed by atoms with E-state index in [0.717, 1.165) is 13.8 Å². The molecule has 106 valence electrons. The molecule has 0 spiro atoms. The molecular formula is C10H7ClF5NO2. The lowest BCUT2D eigenvalue weighted by molar-refractivity contribution is -0.289. The maximum absolute atomic E-state index is 13.4. The topological polar surface area (TPSA) is 50.2 Å². The van der Waals surface area contributed by atoms with E-state index in [9.17, 15) is 26.7 Å². The van der Waals surface area contributed by atoms with Crippen LogP contribution in [-0.2, 0) is 5.92 Å². The van der Waals surface area contributed by atoms with E-state index in [0.29, 0.717) is 0 Å². The predicted molar refractivity (Wildman–Crippen MR) is 55.6 cm³/mol. The van der Waals surface area contributed by atoms with Gasteiger partial charge < -0.3 is 5.11 Å². The van der Waals surface area contributed by atoms with Gasteiger partial charge in [0.1, 0.15) is 10.7 Å². The molecule has 0 aliphatic heterocycles. The van der Waals surface area contributed by atoms with Crippen LogP contribution in [0.2, 0.25) is 5.15 Å². The van der Waals surface area contributed by atoms with E-state index in [4.69, 9.17) is 16.7 Å². The summed E-state index contributed by atoms with van der Waals surface area (Å²) in [6.07, 6.45) is -5.85. The van der Waals surface area contributed by atoms with Crippen LogP contribution in [0.25, 0.3) is 0 Å². The number of aryl methyl sites for hydroxylation is 1. The first-order chi connectivity index (χ1) is 8.41. The molecule has 0 aliphatic rings. The Morgan fingerprint density at radius 3 is 2.05 bits per heavy atom. The Bertz CT molecular complexity index is 542. The number of nitrogens with zero attached hydrogens (tertiary/aromatic N) is 1. The van der Waals surface area contributed by atoms with Gasteiger partial charge in [0, 0.05) is 5.69 Å². The number of hydrogen-bond donors (Lipinski definition) is 1. The monoisotopic (exact) mass is 303 g/mol. The van der Waals surface area contributed by atoms with Crippen molar-refractivity contribution in [2.75, 3.05) is 0 Å². The van der Waals surface area contributed by atoms with Crippen LogP contribution in [0.15, 0.2) is 0 Å². The van der Waals surface area contributed by atoms with Gasteiger partial charge in [-0.2, -0.15) is 22.0 Å². The second-order valence-corrected chi connectivity index (χ2v) is 4.10. The second-order valence-electron chi connectivity index (χ2n) is 3.74. The van der Waals surface area contributed by atoms with E-state index in [1.54, 1.807) is 0 Å². The number of aromatic nitrogens is 1. The Hall–Kier alpha value is -1.44. The first kappa shape index (κ1) is 15.6. The third-order valence-electron chi connectivity index (χ3n) is 2.47. The lowest BCUT2D eigenvalue weighted by atomic mass is 9.97. The van der Waals surface area contributed by atoms with Crippen LogP contribution in [-0.4, -0.2) is 22.2 Å². The van der Waals surface area contributed by atoms with E-state index in [1.165, 1.54) is 0 Å². The summed E-state index contributed by atoms with van der Waals surface area (Å²) in [5.74, 6) is -6.93. The van der Waals surface area contributed by atoms with E-state index in [-0.39, 0.29) is 0 Å². The fourth-order valence-corrected chi connectivity index (χ4v) is 2.01. The van der Waals surface area contributed by atoms with Gasteiger partial charge >= 0.3 is 18.1 Å². The molecule has 0 saturated heterocycles. The van der Waals surface area contributed by atoms with Crippen LogP contribution in [0.5, 0.6) is 0 Å². The predicted octanol–water partition coefficient (Wildman–Crippen LogP) is 3.70. The summed E-state index contributed by atoms with van der Waals surface area (Å²) in [4.78, 5) is 14.1. The summed E-state index contributed by atoms with van der Waals surface area (Å²) >= 11 is 5.45. The Morgan fingerprint density at radius 1 is 1.21 bits per heavy atom. The van der Waals surface area contributed by atoms with Gasteiger partial charge in [-0.15, -0.1) is 0 Å². The van der Waals surface area contributed by atoms with Crippen molar-refractivity contribution in [3.05, 3.63) is 27.5 Å². The van der Waals surface area contributed by atoms with Gasteiger partial charge in [-0.25, -0.2) is 9.78 Å². The first-order valence-corrected chi connectivity index (χ1v) is 5.14. The van der Waals surface area contributed by atoms with Crippen molar-refractivity contribution >= 4 is 17.6 Å². The standard InChI is InChI=1S/C10H7ClF5NO2/c1-3-5(8(18)19)7(11)17-4(2)6(3)9(12,13)10(14,15)16/h1-2H3,(H,18,19). The van der Waals surface area contributed by atoms with Crippen molar-refractivity contribution in [1.82, 2.24) is 4.98 Å². The summed E-state index contributed by atoms with van der Waals surface area (Å²) in [6.45, 7) is 1.73. The number of halogens is 6. The molecule has 1 heterocycles. The SMILES string of the molecule is Cc1nc(Cl)c(C(=O)O)c(C)c1C(F)(F)C(F)(F)F. The molecule has 1 aromatic heterocycles. The highest BCUT2D eigenvalue weighted by Crippen LogP contribution is 2.46. The molecule has 0 saturated carbocycles. The second kappa shape index (κ2) is 4.59. The molecule has 0 fully saturated rings. The third-order valence-corrected chi connectivity index (χ3v) is 2.74. The number of aromatic carboxylic acids is 1. The van der Waals surface area contributed by atoms with Gasteiger partial charge in [0.05, 0.1) is 5.56 Å². The van der Waals surface area contributed by atoms with Crippen molar-refractivity contribution in [3.8, 4) is 0 Å². The minimum atomic E-state index is -5.85. The lowest BCUT2D eigenvalue weighted by Crippen LogP contribution is -2.36. The number of hydrogen-bond acceptors (Lipinski definition) is 2. The van der Waals surface area contributed by atoms with Crippen LogP contribution in [0.3, 0.4) is 0 Å². The molecule has 1 N–H and O–H groups in total. The van der Waals surface area contributed by atoms with Gasteiger partial charge in [-0.3, -0.25) is 0 Å². The molecular weight excluding hydrogens is 297 g/mol. The lowest BCUT2D eigenvalue weighted by Gasteiger charge is -2.24. The van der Waals surface area contributed by atoms with Gasteiger partial charge in [0.15, 0.2) is 0 Å². The van der Waals surface area contributed by atoms with Crippen LogP contribution < -0.4 is 0 Å². The molecule has 0 atom stereocenters. The number of carboxylic acid groups (broad SMARTS) is 1. The highest BCUT2D eigenvalue weighted by Gasteiger charge is 2.60. The summed E-state index contributed by atoms with van der Waals surface area (Å²) in [5, 5.41) is 8.14. The fourth-order valence-electron chi connectivity index (χ4n) is 1.66. The Balaban J connectivity index is 3.72. The average molecular weight is 304 g/mol. The smallest absolute Gasteiger partial charge is 0.458 e. The molecule has 3 nitrogen and oxygen atoms in total. The van der Waals surface area contributed by atoms with Crippen molar-refractivity contribution in [3.63, 3.8) is 0 Å². The van der Waals surface area contributed by atoms with Crippen molar-refractivity contribution in [1.29, 1.82) is 0 Å². The van der Waals surface area contributed by atoms with Crippen LogP contribution >= 0.6 is 11.6 Å². The molecule has 0 unspecified atom stereocenters. The highest BCUT2D eigenvalue weighted by molar-refractivity contribution is 6.32. The van der Waals surface area contributed by atoms with E-state index < -0.39 is 45.6 Å². The van der Waals surface area contributed by atoms with Crippen LogP contribution in [0, 0.1) is 13.8 Å². The maximum Gasteiger partial charge on any atom is 0.458 e. The van der Waals surface area contributed by atoms with Gasteiger partial charge in [-0.05, 0) is 19.4 Å².